The zero-order valence-electron chi connectivity index (χ0n) is 18.1. The van der Waals surface area contributed by atoms with E-state index in [0.717, 1.165) is 33.4 Å². The second kappa shape index (κ2) is 11.5. The summed E-state index contributed by atoms with van der Waals surface area (Å²) < 4.78 is 12.0. The fourth-order valence-electron chi connectivity index (χ4n) is 3.23. The van der Waals surface area contributed by atoms with Crippen LogP contribution in [0.4, 0.5) is 4.79 Å². The number of nitrogens with zero attached hydrogens (tertiary/aromatic N) is 1. The zero-order valence-corrected chi connectivity index (χ0v) is 20.4. The van der Waals surface area contributed by atoms with Crippen LogP contribution in [0.2, 0.25) is 10.0 Å². The van der Waals surface area contributed by atoms with E-state index in [4.69, 9.17) is 32.7 Å². The van der Waals surface area contributed by atoms with Crippen LogP contribution in [0.15, 0.2) is 60.5 Å². The van der Waals surface area contributed by atoms with E-state index >= 15 is 0 Å². The first-order chi connectivity index (χ1) is 15.9. The van der Waals surface area contributed by atoms with Crippen molar-refractivity contribution in [3.63, 3.8) is 0 Å². The highest BCUT2D eigenvalue weighted by molar-refractivity contribution is 8.18. The largest absolute Gasteiger partial charge is 0.490 e. The molecule has 0 radical (unpaired) electrons. The number of hydrogen-bond acceptors (Lipinski definition) is 5. The third kappa shape index (κ3) is 6.02. The molecule has 0 atom stereocenters. The first-order valence-electron chi connectivity index (χ1n) is 10.2. The van der Waals surface area contributed by atoms with Crippen LogP contribution in [0, 0.1) is 0 Å². The highest BCUT2D eigenvalue weighted by atomic mass is 35.5. The molecule has 2 aromatic rings. The molecular formula is C25H23Cl2NO4S. The van der Waals surface area contributed by atoms with Crippen molar-refractivity contribution in [3.05, 3.63) is 87.3 Å². The molecule has 0 unspecified atom stereocenters. The van der Waals surface area contributed by atoms with Gasteiger partial charge in [-0.05, 0) is 61.0 Å². The average molecular weight is 504 g/mol. The van der Waals surface area contributed by atoms with Gasteiger partial charge < -0.3 is 9.47 Å². The second-order valence-corrected chi connectivity index (χ2v) is 8.88. The van der Waals surface area contributed by atoms with E-state index in [9.17, 15) is 9.59 Å². The lowest BCUT2D eigenvalue weighted by Crippen LogP contribution is -2.27. The Balaban J connectivity index is 1.96. The summed E-state index contributed by atoms with van der Waals surface area (Å²) >= 11 is 13.2. The summed E-state index contributed by atoms with van der Waals surface area (Å²) in [5.74, 6) is 0.754. The first-order valence-corrected chi connectivity index (χ1v) is 11.8. The van der Waals surface area contributed by atoms with E-state index in [1.54, 1.807) is 30.4 Å². The van der Waals surface area contributed by atoms with E-state index in [1.165, 1.54) is 6.08 Å². The highest BCUT2D eigenvalue weighted by Gasteiger charge is 2.34. The minimum Gasteiger partial charge on any atom is -0.490 e. The van der Waals surface area contributed by atoms with Gasteiger partial charge >= 0.3 is 0 Å². The summed E-state index contributed by atoms with van der Waals surface area (Å²) in [6.07, 6.45) is 5.48. The molecule has 1 saturated heterocycles. The number of amides is 2. The van der Waals surface area contributed by atoms with Crippen molar-refractivity contribution < 1.29 is 19.1 Å². The fraction of sp³-hybridized carbons (Fsp3) is 0.200. The molecule has 172 valence electrons. The molecule has 0 N–H and O–H groups in total. The molecule has 0 aliphatic carbocycles. The molecule has 1 aliphatic rings. The molecule has 2 aromatic carbocycles. The normalized spacial score (nSPS) is 14.6. The van der Waals surface area contributed by atoms with E-state index in [2.05, 4.69) is 13.2 Å². The summed E-state index contributed by atoms with van der Waals surface area (Å²) in [6, 6.07) is 8.91. The molecule has 1 heterocycles. The quantitative estimate of drug-likeness (QED) is 0.260. The standard InChI is InChI=1S/C25H23Cl2NO4S/c1-4-7-17-11-16(13-22-24(29)28(10-5-2)25(30)33-22)12-21(31-6-3)23(17)32-15-18-8-9-19(26)14-20(18)27/h4-5,8-9,11-14H,1-2,6-7,10,15H2,3H3/b22-13+. The number of allylic oxidation sites excluding steroid dienone is 1. The molecule has 0 saturated carbocycles. The molecule has 1 aliphatic heterocycles. The van der Waals surface area contributed by atoms with Gasteiger partial charge in [-0.15, -0.1) is 13.2 Å². The average Bonchev–Trinajstić information content (AvgIpc) is 3.02. The van der Waals surface area contributed by atoms with Gasteiger partial charge in [-0.1, -0.05) is 41.4 Å². The fourth-order valence-corrected chi connectivity index (χ4v) is 4.54. The van der Waals surface area contributed by atoms with Gasteiger partial charge in [-0.25, -0.2) is 0 Å². The van der Waals surface area contributed by atoms with Gasteiger partial charge in [-0.3, -0.25) is 14.5 Å². The third-order valence-electron chi connectivity index (χ3n) is 4.69. The monoisotopic (exact) mass is 503 g/mol. The lowest BCUT2D eigenvalue weighted by Gasteiger charge is -2.17. The van der Waals surface area contributed by atoms with Gasteiger partial charge in [0.25, 0.3) is 11.1 Å². The number of imide groups is 1. The molecule has 0 spiro atoms. The van der Waals surface area contributed by atoms with Crippen LogP contribution in [-0.2, 0) is 17.8 Å². The van der Waals surface area contributed by atoms with Crippen molar-refractivity contribution in [2.24, 2.45) is 0 Å². The molecule has 0 bridgehead atoms. The second-order valence-electron chi connectivity index (χ2n) is 7.04. The number of benzene rings is 2. The first kappa shape index (κ1) is 25.0. The summed E-state index contributed by atoms with van der Waals surface area (Å²) in [6.45, 7) is 10.1. The van der Waals surface area contributed by atoms with Crippen molar-refractivity contribution in [2.75, 3.05) is 13.2 Å². The molecule has 0 aromatic heterocycles. The minimum atomic E-state index is -0.342. The number of hydrogen-bond donors (Lipinski definition) is 0. The Morgan fingerprint density at radius 1 is 1.06 bits per heavy atom. The molecule has 5 nitrogen and oxygen atoms in total. The van der Waals surface area contributed by atoms with Crippen LogP contribution < -0.4 is 9.47 Å². The molecule has 2 amide bonds. The van der Waals surface area contributed by atoms with E-state index < -0.39 is 0 Å². The topological polar surface area (TPSA) is 55.8 Å². The minimum absolute atomic E-state index is 0.175. The lowest BCUT2D eigenvalue weighted by molar-refractivity contribution is -0.122. The van der Waals surface area contributed by atoms with Crippen molar-refractivity contribution in [1.29, 1.82) is 0 Å². The Labute approximate surface area is 207 Å². The van der Waals surface area contributed by atoms with Gasteiger partial charge in [0.05, 0.1) is 11.5 Å². The predicted molar refractivity (Wildman–Crippen MR) is 135 cm³/mol. The zero-order chi connectivity index (χ0) is 24.0. The smallest absolute Gasteiger partial charge is 0.293 e. The maximum atomic E-state index is 12.6. The molecule has 1 fully saturated rings. The van der Waals surface area contributed by atoms with Gasteiger partial charge in [0, 0.05) is 27.7 Å². The Morgan fingerprint density at radius 2 is 1.85 bits per heavy atom. The van der Waals surface area contributed by atoms with E-state index in [-0.39, 0.29) is 24.3 Å². The number of carbonyl (C=O) groups excluding carboxylic acids is 2. The van der Waals surface area contributed by atoms with Gasteiger partial charge in [0.1, 0.15) is 6.61 Å². The highest BCUT2D eigenvalue weighted by Crippen LogP contribution is 2.38. The molecule has 8 heteroatoms. The van der Waals surface area contributed by atoms with Crippen LogP contribution in [0.3, 0.4) is 0 Å². The van der Waals surface area contributed by atoms with Crippen molar-refractivity contribution in [3.8, 4) is 11.5 Å². The van der Waals surface area contributed by atoms with Crippen LogP contribution in [0.5, 0.6) is 11.5 Å². The van der Waals surface area contributed by atoms with Gasteiger partial charge in [-0.2, -0.15) is 0 Å². The molecular weight excluding hydrogens is 481 g/mol. The maximum Gasteiger partial charge on any atom is 0.293 e. The van der Waals surface area contributed by atoms with Crippen LogP contribution >= 0.6 is 35.0 Å². The SMILES string of the molecule is C=CCc1cc(/C=C2/SC(=O)N(CC=C)C2=O)cc(OCC)c1OCc1ccc(Cl)cc1Cl. The molecule has 3 rings (SSSR count). The Morgan fingerprint density at radius 3 is 2.52 bits per heavy atom. The van der Waals surface area contributed by atoms with E-state index in [1.807, 2.05) is 19.1 Å². The Kier molecular flexibility index (Phi) is 8.67. The van der Waals surface area contributed by atoms with Crippen LogP contribution in [0.25, 0.3) is 6.08 Å². The van der Waals surface area contributed by atoms with Crippen molar-refractivity contribution in [2.45, 2.75) is 20.0 Å². The third-order valence-corrected chi connectivity index (χ3v) is 6.18. The van der Waals surface area contributed by atoms with Crippen molar-refractivity contribution >= 4 is 52.2 Å². The number of carbonyl (C=O) groups is 2. The van der Waals surface area contributed by atoms with E-state index in [0.29, 0.717) is 39.5 Å². The summed E-state index contributed by atoms with van der Waals surface area (Å²) in [4.78, 5) is 26.2. The number of halogens is 2. The van der Waals surface area contributed by atoms with Gasteiger partial charge in [0.2, 0.25) is 0 Å². The summed E-state index contributed by atoms with van der Waals surface area (Å²) in [5.41, 5.74) is 2.34. The van der Waals surface area contributed by atoms with Crippen molar-refractivity contribution in [1.82, 2.24) is 4.90 Å². The Bertz CT molecular complexity index is 1130. The summed E-state index contributed by atoms with van der Waals surface area (Å²) in [5, 5.41) is 0.743. The number of rotatable bonds is 10. The molecule has 33 heavy (non-hydrogen) atoms. The van der Waals surface area contributed by atoms with Crippen LogP contribution in [-0.4, -0.2) is 29.2 Å². The predicted octanol–water partition coefficient (Wildman–Crippen LogP) is 6.92. The number of ether oxygens (including phenoxy) is 2. The maximum absolute atomic E-state index is 12.6. The van der Waals surface area contributed by atoms with Gasteiger partial charge in [0.15, 0.2) is 11.5 Å². The number of thioether (sulfide) groups is 1. The summed E-state index contributed by atoms with van der Waals surface area (Å²) in [7, 11) is 0. The Hall–Kier alpha value is -2.67. The lowest BCUT2D eigenvalue weighted by atomic mass is 10.0. The van der Waals surface area contributed by atoms with Crippen LogP contribution in [0.1, 0.15) is 23.6 Å².